The van der Waals surface area contributed by atoms with Crippen LogP contribution in [0.1, 0.15) is 44.9 Å². The fourth-order valence-corrected chi connectivity index (χ4v) is 4.24. The molecule has 1 saturated heterocycles. The van der Waals surface area contributed by atoms with Crippen molar-refractivity contribution in [1.29, 1.82) is 0 Å². The van der Waals surface area contributed by atoms with Crippen LogP contribution in [0.3, 0.4) is 0 Å². The van der Waals surface area contributed by atoms with E-state index in [1.807, 2.05) is 0 Å². The van der Waals surface area contributed by atoms with Crippen molar-refractivity contribution < 1.29 is 9.90 Å². The van der Waals surface area contributed by atoms with Gasteiger partial charge in [-0.2, -0.15) is 0 Å². The van der Waals surface area contributed by atoms with Gasteiger partial charge in [0.2, 0.25) is 5.91 Å². The summed E-state index contributed by atoms with van der Waals surface area (Å²) in [4.78, 5) is 12.0. The predicted octanol–water partition coefficient (Wildman–Crippen LogP) is 1.53. The van der Waals surface area contributed by atoms with E-state index in [1.54, 1.807) is 11.8 Å². The average molecular weight is 300 g/mol. The number of carbonyl (C=O) groups is 1. The lowest BCUT2D eigenvalue weighted by atomic mass is 9.74. The van der Waals surface area contributed by atoms with E-state index in [0.717, 1.165) is 25.9 Å². The normalized spacial score (nSPS) is 23.4. The Bertz CT molecular complexity index is 300. The largest absolute Gasteiger partial charge is 0.396 e. The SMILES string of the molecule is O=C(CSC1CCNCC1)NCC1(CO)CCCCC1. The first-order valence-electron chi connectivity index (χ1n) is 7.94. The van der Waals surface area contributed by atoms with E-state index in [2.05, 4.69) is 10.6 Å². The predicted molar refractivity (Wildman–Crippen MR) is 84.0 cm³/mol. The monoisotopic (exact) mass is 300 g/mol. The molecule has 0 atom stereocenters. The Morgan fingerprint density at radius 2 is 1.95 bits per heavy atom. The maximum absolute atomic E-state index is 12.0. The van der Waals surface area contributed by atoms with Gasteiger partial charge in [0, 0.05) is 17.2 Å². The molecule has 0 unspecified atom stereocenters. The van der Waals surface area contributed by atoms with Crippen LogP contribution in [0.25, 0.3) is 0 Å². The molecule has 2 fully saturated rings. The molecule has 1 amide bonds. The van der Waals surface area contributed by atoms with Gasteiger partial charge >= 0.3 is 0 Å². The topological polar surface area (TPSA) is 61.4 Å². The highest BCUT2D eigenvalue weighted by molar-refractivity contribution is 8.00. The van der Waals surface area contributed by atoms with Gasteiger partial charge in [0.05, 0.1) is 12.4 Å². The number of thioether (sulfide) groups is 1. The zero-order chi connectivity index (χ0) is 14.3. The lowest BCUT2D eigenvalue weighted by Gasteiger charge is -2.35. The summed E-state index contributed by atoms with van der Waals surface area (Å²) in [5.74, 6) is 0.693. The first-order valence-corrected chi connectivity index (χ1v) is 8.99. The Morgan fingerprint density at radius 3 is 2.60 bits per heavy atom. The highest BCUT2D eigenvalue weighted by atomic mass is 32.2. The summed E-state index contributed by atoms with van der Waals surface area (Å²) < 4.78 is 0. The molecule has 1 heterocycles. The smallest absolute Gasteiger partial charge is 0.230 e. The first kappa shape index (κ1) is 16.1. The molecule has 4 nitrogen and oxygen atoms in total. The number of rotatable bonds is 6. The second-order valence-corrected chi connectivity index (χ2v) is 7.54. The Kier molecular flexibility index (Phi) is 6.65. The van der Waals surface area contributed by atoms with Gasteiger partial charge < -0.3 is 15.7 Å². The van der Waals surface area contributed by atoms with Crippen LogP contribution in [0, 0.1) is 5.41 Å². The molecule has 2 rings (SSSR count). The van der Waals surface area contributed by atoms with Gasteiger partial charge in [0.1, 0.15) is 0 Å². The van der Waals surface area contributed by atoms with Gasteiger partial charge in [-0.25, -0.2) is 0 Å². The summed E-state index contributed by atoms with van der Waals surface area (Å²) in [6.45, 7) is 3.00. The minimum Gasteiger partial charge on any atom is -0.396 e. The second-order valence-electron chi connectivity index (χ2n) is 6.26. The first-order chi connectivity index (χ1) is 9.74. The minimum absolute atomic E-state index is 0.0483. The lowest BCUT2D eigenvalue weighted by molar-refractivity contribution is -0.119. The molecular formula is C15H28N2O2S. The number of aliphatic hydroxyl groups is 1. The van der Waals surface area contributed by atoms with Gasteiger partial charge in [-0.15, -0.1) is 11.8 Å². The molecule has 2 aliphatic rings. The van der Waals surface area contributed by atoms with E-state index in [1.165, 1.54) is 32.1 Å². The average Bonchev–Trinajstić information content (AvgIpc) is 2.53. The molecule has 1 saturated carbocycles. The molecule has 0 spiro atoms. The van der Waals surface area contributed by atoms with Crippen molar-refractivity contribution in [2.24, 2.45) is 5.41 Å². The van der Waals surface area contributed by atoms with Crippen LogP contribution >= 0.6 is 11.8 Å². The van der Waals surface area contributed by atoms with Crippen molar-refractivity contribution in [3.63, 3.8) is 0 Å². The molecule has 0 aromatic rings. The minimum atomic E-state index is -0.0483. The molecule has 0 aromatic carbocycles. The molecular weight excluding hydrogens is 272 g/mol. The van der Waals surface area contributed by atoms with Crippen LogP contribution in [0.4, 0.5) is 0 Å². The molecule has 1 aliphatic heterocycles. The molecule has 20 heavy (non-hydrogen) atoms. The summed E-state index contributed by atoms with van der Waals surface area (Å²) in [5, 5.41) is 16.6. The fourth-order valence-electron chi connectivity index (χ4n) is 3.19. The van der Waals surface area contributed by atoms with Crippen LogP contribution in [0.5, 0.6) is 0 Å². The van der Waals surface area contributed by atoms with Crippen LogP contribution in [-0.4, -0.2) is 48.3 Å². The Morgan fingerprint density at radius 1 is 1.25 bits per heavy atom. The number of aliphatic hydroxyl groups excluding tert-OH is 1. The van der Waals surface area contributed by atoms with E-state index in [-0.39, 0.29) is 17.9 Å². The van der Waals surface area contributed by atoms with E-state index in [0.29, 0.717) is 17.5 Å². The summed E-state index contributed by atoms with van der Waals surface area (Å²) in [7, 11) is 0. The van der Waals surface area contributed by atoms with Crippen LogP contribution in [-0.2, 0) is 4.79 Å². The van der Waals surface area contributed by atoms with Crippen molar-refractivity contribution in [3.8, 4) is 0 Å². The number of hydrogen-bond donors (Lipinski definition) is 3. The van der Waals surface area contributed by atoms with Gasteiger partial charge in [0.15, 0.2) is 0 Å². The van der Waals surface area contributed by atoms with E-state index >= 15 is 0 Å². The standard InChI is InChI=1S/C15H28N2O2S/c18-12-15(6-2-1-3-7-15)11-17-14(19)10-20-13-4-8-16-9-5-13/h13,16,18H,1-12H2,(H,17,19). The molecule has 3 N–H and O–H groups in total. The Labute approximate surface area is 126 Å². The summed E-state index contributed by atoms with van der Waals surface area (Å²) in [5.41, 5.74) is -0.0483. The summed E-state index contributed by atoms with van der Waals surface area (Å²) in [6, 6.07) is 0. The van der Waals surface area contributed by atoms with Crippen LogP contribution in [0.2, 0.25) is 0 Å². The van der Waals surface area contributed by atoms with E-state index in [9.17, 15) is 9.90 Å². The molecule has 1 aliphatic carbocycles. The third-order valence-electron chi connectivity index (χ3n) is 4.65. The molecule has 0 bridgehead atoms. The number of amides is 1. The number of carbonyl (C=O) groups excluding carboxylic acids is 1. The number of piperidine rings is 1. The highest BCUT2D eigenvalue weighted by Crippen LogP contribution is 2.35. The van der Waals surface area contributed by atoms with Crippen molar-refractivity contribution in [2.45, 2.75) is 50.2 Å². The van der Waals surface area contributed by atoms with Crippen LogP contribution < -0.4 is 10.6 Å². The molecule has 5 heteroatoms. The van der Waals surface area contributed by atoms with Crippen LogP contribution in [0.15, 0.2) is 0 Å². The van der Waals surface area contributed by atoms with Crippen molar-refractivity contribution >= 4 is 17.7 Å². The quantitative estimate of drug-likeness (QED) is 0.696. The van der Waals surface area contributed by atoms with Crippen molar-refractivity contribution in [2.75, 3.05) is 32.0 Å². The Hall–Kier alpha value is -0.260. The van der Waals surface area contributed by atoms with E-state index < -0.39 is 0 Å². The zero-order valence-electron chi connectivity index (χ0n) is 12.3. The maximum atomic E-state index is 12.0. The number of nitrogens with one attached hydrogen (secondary N) is 2. The number of hydrogen-bond acceptors (Lipinski definition) is 4. The van der Waals surface area contributed by atoms with Gasteiger partial charge in [-0.3, -0.25) is 4.79 Å². The molecule has 0 aromatic heterocycles. The van der Waals surface area contributed by atoms with Gasteiger partial charge in [0.25, 0.3) is 0 Å². The maximum Gasteiger partial charge on any atom is 0.230 e. The molecule has 116 valence electrons. The third kappa shape index (κ3) is 4.93. The summed E-state index contributed by atoms with van der Waals surface area (Å²) >= 11 is 1.78. The fraction of sp³-hybridized carbons (Fsp3) is 0.933. The van der Waals surface area contributed by atoms with Gasteiger partial charge in [-0.05, 0) is 38.8 Å². The van der Waals surface area contributed by atoms with E-state index in [4.69, 9.17) is 0 Å². The third-order valence-corrected chi connectivity index (χ3v) is 6.02. The van der Waals surface area contributed by atoms with Crippen molar-refractivity contribution in [3.05, 3.63) is 0 Å². The molecule has 0 radical (unpaired) electrons. The Balaban J connectivity index is 1.65. The van der Waals surface area contributed by atoms with Crippen molar-refractivity contribution in [1.82, 2.24) is 10.6 Å². The zero-order valence-corrected chi connectivity index (χ0v) is 13.1. The summed E-state index contributed by atoms with van der Waals surface area (Å²) in [6.07, 6.45) is 8.05. The highest BCUT2D eigenvalue weighted by Gasteiger charge is 2.31. The lowest BCUT2D eigenvalue weighted by Crippen LogP contribution is -2.42. The second kappa shape index (κ2) is 8.25. The van der Waals surface area contributed by atoms with Gasteiger partial charge in [-0.1, -0.05) is 19.3 Å².